The van der Waals surface area contributed by atoms with E-state index in [1.54, 1.807) is 6.07 Å². The molecule has 0 amide bonds. The Hall–Kier alpha value is -0.0913. The van der Waals surface area contributed by atoms with Gasteiger partial charge in [0, 0.05) is 0 Å². The van der Waals surface area contributed by atoms with Crippen LogP contribution in [-0.4, -0.2) is 52.3 Å². The number of fused-ring (bicyclic) bond motifs is 1. The second-order valence-electron chi connectivity index (χ2n) is 3.17. The van der Waals surface area contributed by atoms with Crippen molar-refractivity contribution >= 4 is 64.7 Å². The third-order valence-electron chi connectivity index (χ3n) is 2.21. The number of hydrogen-bond donors (Lipinski definition) is 1. The standard InChI is InChI=1S/C10H7O3S.Al.Mg.2H/c11-14(12,13)10-6-5-8-3-1-2-4-9(8)7-10;;;;/h1-6H,(H,11,12,13);;;;/q;;+2;2*-1. The van der Waals surface area contributed by atoms with Crippen LogP contribution in [0.5, 0.6) is 0 Å². The summed E-state index contributed by atoms with van der Waals surface area (Å²) in [5.74, 6) is 0. The molecule has 1 N–H and O–H groups in total. The summed E-state index contributed by atoms with van der Waals surface area (Å²) < 4.78 is 31.6. The number of benzene rings is 2. The van der Waals surface area contributed by atoms with Gasteiger partial charge in [-0.25, -0.2) is 0 Å². The molecule has 78 valence electrons. The molecule has 3 nitrogen and oxygen atoms in total. The Morgan fingerprint density at radius 1 is 1.12 bits per heavy atom. The second kappa shape index (κ2) is 5.05. The van der Waals surface area contributed by atoms with Crippen molar-refractivity contribution in [3.8, 4) is 0 Å². The minimum Gasteiger partial charge on any atom is -1.00 e. The van der Waals surface area contributed by atoms with Crippen molar-refractivity contribution in [2.75, 3.05) is 0 Å². The van der Waals surface area contributed by atoms with E-state index in [0.717, 1.165) is 10.8 Å². The molecule has 2 aromatic rings. The maximum absolute atomic E-state index is 11.0. The fourth-order valence-corrected chi connectivity index (χ4v) is 2.93. The van der Waals surface area contributed by atoms with Gasteiger partial charge in [0.15, 0.2) is 16.3 Å². The van der Waals surface area contributed by atoms with E-state index in [9.17, 15) is 8.42 Å². The van der Waals surface area contributed by atoms with Crippen LogP contribution < -0.4 is 4.43 Å². The van der Waals surface area contributed by atoms with Crippen molar-refractivity contribution < 1.29 is 15.8 Å². The van der Waals surface area contributed by atoms with Crippen molar-refractivity contribution in [2.24, 2.45) is 0 Å². The zero-order valence-corrected chi connectivity index (χ0v) is 11.8. The van der Waals surface area contributed by atoms with Gasteiger partial charge in [-0.1, -0.05) is 30.3 Å². The molecule has 0 aliphatic carbocycles. The molecule has 0 saturated heterocycles. The first-order valence-corrected chi connectivity index (χ1v) is 6.26. The van der Waals surface area contributed by atoms with Gasteiger partial charge in [-0.2, -0.15) is 8.42 Å². The minimum absolute atomic E-state index is 0. The van der Waals surface area contributed by atoms with Crippen LogP contribution in [0.3, 0.4) is 0 Å². The average molecular weight is 261 g/mol. The summed E-state index contributed by atoms with van der Waals surface area (Å²) in [5.41, 5.74) is 0. The monoisotopic (exact) mass is 260 g/mol. The SMILES string of the molecule is O=S(=O)(O)c1ccc2ccccc2[c]1[Al].[H-].[H-].[Mg+2]. The first-order chi connectivity index (χ1) is 7.00. The normalized spacial score (nSPS) is 11.1. The Labute approximate surface area is 121 Å². The van der Waals surface area contributed by atoms with Gasteiger partial charge >= 0.3 is 23.1 Å². The summed E-state index contributed by atoms with van der Waals surface area (Å²) in [5, 5.41) is 1.74. The molecular weight excluding hydrogens is 251 g/mol. The van der Waals surface area contributed by atoms with Gasteiger partial charge in [0.2, 0.25) is 0 Å². The van der Waals surface area contributed by atoms with Gasteiger partial charge in [0.25, 0.3) is 10.1 Å². The quantitative estimate of drug-likeness (QED) is 0.607. The zero-order valence-electron chi connectivity index (χ0n) is 10.4. The van der Waals surface area contributed by atoms with E-state index in [4.69, 9.17) is 4.55 Å². The van der Waals surface area contributed by atoms with Crippen molar-refractivity contribution in [3.63, 3.8) is 0 Å². The molecule has 0 saturated carbocycles. The third-order valence-corrected chi connectivity index (χ3v) is 3.95. The second-order valence-corrected chi connectivity index (χ2v) is 5.14. The molecule has 0 aliphatic heterocycles. The van der Waals surface area contributed by atoms with Crippen molar-refractivity contribution in [1.82, 2.24) is 0 Å². The maximum atomic E-state index is 11.0. The van der Waals surface area contributed by atoms with Crippen LogP contribution >= 0.6 is 0 Å². The molecular formula is C10H9AlMgO3S. The predicted octanol–water partition coefficient (Wildman–Crippen LogP) is 0.724. The number of hydrogen-bond acceptors (Lipinski definition) is 2. The van der Waals surface area contributed by atoms with Crippen LogP contribution in [0.15, 0.2) is 41.3 Å². The molecule has 0 heterocycles. The Morgan fingerprint density at radius 2 is 1.75 bits per heavy atom. The van der Waals surface area contributed by atoms with Crippen molar-refractivity contribution in [1.29, 1.82) is 0 Å². The first kappa shape index (κ1) is 14.0. The van der Waals surface area contributed by atoms with Crippen LogP contribution in [0.2, 0.25) is 0 Å². The van der Waals surface area contributed by atoms with Crippen LogP contribution in [0, 0.1) is 0 Å². The van der Waals surface area contributed by atoms with E-state index in [2.05, 4.69) is 16.3 Å². The minimum atomic E-state index is -4.15. The van der Waals surface area contributed by atoms with E-state index in [-0.39, 0.29) is 30.8 Å². The Kier molecular flexibility index (Phi) is 4.41. The molecule has 0 aliphatic rings. The van der Waals surface area contributed by atoms with E-state index in [0.29, 0.717) is 4.43 Å². The summed E-state index contributed by atoms with van der Waals surface area (Å²) in [4.78, 5) is -0.0637. The van der Waals surface area contributed by atoms with Gasteiger partial charge in [-0.3, -0.25) is 4.55 Å². The van der Waals surface area contributed by atoms with Gasteiger partial charge in [-0.15, -0.1) is 4.43 Å². The first-order valence-electron chi connectivity index (χ1n) is 4.25. The van der Waals surface area contributed by atoms with Gasteiger partial charge < -0.3 is 2.85 Å². The van der Waals surface area contributed by atoms with Gasteiger partial charge in [-0.05, 0) is 16.8 Å². The van der Waals surface area contributed by atoms with E-state index in [1.807, 2.05) is 24.3 Å². The average Bonchev–Trinajstić information content (AvgIpc) is 2.16. The van der Waals surface area contributed by atoms with Crippen LogP contribution in [-0.2, 0) is 10.1 Å². The van der Waals surface area contributed by atoms with E-state index < -0.39 is 10.1 Å². The molecule has 2 rings (SSSR count). The molecule has 0 aromatic heterocycles. The molecule has 16 heavy (non-hydrogen) atoms. The Morgan fingerprint density at radius 3 is 2.38 bits per heavy atom. The molecule has 6 heteroatoms. The third kappa shape index (κ3) is 2.59. The molecule has 0 fully saturated rings. The smallest absolute Gasteiger partial charge is 1.00 e. The largest absolute Gasteiger partial charge is 2.00 e. The fraction of sp³-hybridized carbons (Fsp3) is 0. The summed E-state index contributed by atoms with van der Waals surface area (Å²) in [6.07, 6.45) is 0. The molecule has 0 unspecified atom stereocenters. The zero-order chi connectivity index (χ0) is 11.1. The number of rotatable bonds is 1. The molecule has 0 spiro atoms. The van der Waals surface area contributed by atoms with E-state index >= 15 is 0 Å². The Bertz CT molecular complexity index is 634. The summed E-state index contributed by atoms with van der Waals surface area (Å²) in [7, 11) is -4.15. The van der Waals surface area contributed by atoms with E-state index in [1.165, 1.54) is 6.07 Å². The van der Waals surface area contributed by atoms with Gasteiger partial charge in [0.05, 0.1) is 4.90 Å². The van der Waals surface area contributed by atoms with Crippen molar-refractivity contribution in [2.45, 2.75) is 4.90 Å². The summed E-state index contributed by atoms with van der Waals surface area (Å²) >= 11 is 2.35. The molecule has 0 atom stereocenters. The van der Waals surface area contributed by atoms with Crippen LogP contribution in [0.4, 0.5) is 0 Å². The van der Waals surface area contributed by atoms with Crippen LogP contribution in [0.25, 0.3) is 10.8 Å². The molecule has 2 radical (unpaired) electrons. The molecule has 2 aromatic carbocycles. The fourth-order valence-electron chi connectivity index (χ4n) is 1.50. The van der Waals surface area contributed by atoms with Crippen LogP contribution in [0.1, 0.15) is 2.85 Å². The predicted molar refractivity (Wildman–Crippen MR) is 67.1 cm³/mol. The topological polar surface area (TPSA) is 54.4 Å². The summed E-state index contributed by atoms with van der Waals surface area (Å²) in [6.45, 7) is 0. The maximum Gasteiger partial charge on any atom is 2.00 e. The molecule has 0 bridgehead atoms. The van der Waals surface area contributed by atoms with Gasteiger partial charge in [0.1, 0.15) is 0 Å². The summed E-state index contributed by atoms with van der Waals surface area (Å²) in [6, 6.07) is 10.5. The Balaban J connectivity index is 0. The van der Waals surface area contributed by atoms with Crippen molar-refractivity contribution in [3.05, 3.63) is 36.4 Å².